The van der Waals surface area contributed by atoms with Crippen molar-refractivity contribution in [1.29, 1.82) is 0 Å². The fraction of sp³-hybridized carbons (Fsp3) is 1.00. The van der Waals surface area contributed by atoms with E-state index in [1.165, 1.54) is 0 Å². The van der Waals surface area contributed by atoms with E-state index in [9.17, 15) is 39.5 Å². The maximum absolute atomic E-state index is 12.7. The Morgan fingerprint density at radius 1 is 0.875 bits per heavy atom. The molecule has 0 unspecified atom stereocenters. The SMILES string of the molecule is FC(F)N1[C@H](F)C(F)(F)N(C(F)F)C1(F)F. The summed E-state index contributed by atoms with van der Waals surface area (Å²) in [4.78, 5) is -4.12. The van der Waals surface area contributed by atoms with E-state index in [2.05, 4.69) is 0 Å². The third-order valence-electron chi connectivity index (χ3n) is 1.86. The third kappa shape index (κ3) is 1.61. The zero-order valence-electron chi connectivity index (χ0n) is 7.03. The summed E-state index contributed by atoms with van der Waals surface area (Å²) < 4.78 is 111. The van der Waals surface area contributed by atoms with Crippen molar-refractivity contribution in [3.8, 4) is 0 Å². The number of hydrogen-bond donors (Lipinski definition) is 0. The Morgan fingerprint density at radius 3 is 1.50 bits per heavy atom. The summed E-state index contributed by atoms with van der Waals surface area (Å²) in [6, 6.07) is -5.41. The Bertz CT molecular complexity index is 267. The van der Waals surface area contributed by atoms with Crippen molar-refractivity contribution in [1.82, 2.24) is 9.80 Å². The van der Waals surface area contributed by atoms with Gasteiger partial charge in [0.1, 0.15) is 0 Å². The van der Waals surface area contributed by atoms with Gasteiger partial charge in [-0.2, -0.15) is 35.1 Å². The minimum absolute atomic E-state index is 1.92. The van der Waals surface area contributed by atoms with Crippen molar-refractivity contribution in [3.63, 3.8) is 0 Å². The largest absolute Gasteiger partial charge is 0.385 e. The average molecular weight is 262 g/mol. The van der Waals surface area contributed by atoms with E-state index in [0.717, 1.165) is 0 Å². The second kappa shape index (κ2) is 3.65. The Labute approximate surface area is 82.2 Å². The summed E-state index contributed by atoms with van der Waals surface area (Å²) in [7, 11) is 0. The van der Waals surface area contributed by atoms with Crippen LogP contribution in [0.1, 0.15) is 0 Å². The molecule has 1 saturated heterocycles. The first-order valence-corrected chi connectivity index (χ1v) is 3.58. The van der Waals surface area contributed by atoms with Gasteiger partial charge in [0.15, 0.2) is 0 Å². The molecule has 0 spiro atoms. The van der Waals surface area contributed by atoms with Crippen LogP contribution in [0.15, 0.2) is 0 Å². The van der Waals surface area contributed by atoms with Crippen LogP contribution in [-0.4, -0.2) is 41.4 Å². The van der Waals surface area contributed by atoms with Gasteiger partial charge in [0.25, 0.3) is 0 Å². The number of halogens is 9. The topological polar surface area (TPSA) is 6.48 Å². The average Bonchev–Trinajstić information content (AvgIpc) is 2.12. The van der Waals surface area contributed by atoms with Gasteiger partial charge in [-0.3, -0.25) is 0 Å². The predicted octanol–water partition coefficient (Wildman–Crippen LogP) is 2.49. The molecule has 0 bridgehead atoms. The molecule has 96 valence electrons. The van der Waals surface area contributed by atoms with Crippen LogP contribution in [-0.2, 0) is 0 Å². The third-order valence-corrected chi connectivity index (χ3v) is 1.86. The second-order valence-corrected chi connectivity index (χ2v) is 2.77. The highest BCUT2D eigenvalue weighted by Crippen LogP contribution is 2.50. The van der Waals surface area contributed by atoms with E-state index < -0.39 is 41.4 Å². The van der Waals surface area contributed by atoms with Gasteiger partial charge in [-0.1, -0.05) is 0 Å². The highest BCUT2D eigenvalue weighted by molar-refractivity contribution is 4.92. The normalized spacial score (nSPS) is 30.6. The van der Waals surface area contributed by atoms with Crippen molar-refractivity contribution in [2.24, 2.45) is 0 Å². The van der Waals surface area contributed by atoms with Crippen LogP contribution in [0, 0.1) is 0 Å². The minimum atomic E-state index is -5.48. The van der Waals surface area contributed by atoms with E-state index in [1.807, 2.05) is 0 Å². The van der Waals surface area contributed by atoms with Gasteiger partial charge in [-0.05, 0) is 0 Å². The maximum atomic E-state index is 12.7. The van der Waals surface area contributed by atoms with E-state index in [4.69, 9.17) is 0 Å². The monoisotopic (exact) mass is 262 g/mol. The molecule has 1 aliphatic heterocycles. The van der Waals surface area contributed by atoms with Gasteiger partial charge in [0, 0.05) is 0 Å². The molecule has 0 radical (unpaired) electrons. The van der Waals surface area contributed by atoms with E-state index >= 15 is 0 Å². The molecule has 0 amide bonds. The molecule has 0 saturated carbocycles. The second-order valence-electron chi connectivity index (χ2n) is 2.77. The summed E-state index contributed by atoms with van der Waals surface area (Å²) in [5.74, 6) is 0. The summed E-state index contributed by atoms with van der Waals surface area (Å²) >= 11 is 0. The lowest BCUT2D eigenvalue weighted by Gasteiger charge is -2.27. The van der Waals surface area contributed by atoms with E-state index in [-0.39, 0.29) is 0 Å². The molecule has 1 rings (SSSR count). The Hall–Kier alpha value is -0.710. The molecule has 1 heterocycles. The first-order valence-electron chi connectivity index (χ1n) is 3.58. The fourth-order valence-electron chi connectivity index (χ4n) is 1.19. The van der Waals surface area contributed by atoms with Crippen LogP contribution < -0.4 is 0 Å². The maximum Gasteiger partial charge on any atom is 0.385 e. The summed E-state index contributed by atoms with van der Waals surface area (Å²) in [6.45, 7) is -8.84. The molecule has 2 nitrogen and oxygen atoms in total. The zero-order chi connectivity index (χ0) is 12.9. The van der Waals surface area contributed by atoms with Crippen molar-refractivity contribution >= 4 is 0 Å². The minimum Gasteiger partial charge on any atom is -0.221 e. The predicted molar refractivity (Wildman–Crippen MR) is 30.5 cm³/mol. The fourth-order valence-corrected chi connectivity index (χ4v) is 1.19. The Morgan fingerprint density at radius 2 is 1.31 bits per heavy atom. The van der Waals surface area contributed by atoms with Crippen molar-refractivity contribution < 1.29 is 39.5 Å². The molecular formula is C5H3F9N2. The van der Waals surface area contributed by atoms with Crippen molar-refractivity contribution in [2.45, 2.75) is 31.6 Å². The van der Waals surface area contributed by atoms with Gasteiger partial charge < -0.3 is 0 Å². The molecule has 16 heavy (non-hydrogen) atoms. The van der Waals surface area contributed by atoms with Crippen LogP contribution in [0.4, 0.5) is 39.5 Å². The van der Waals surface area contributed by atoms with Gasteiger partial charge in [-0.25, -0.2) is 4.39 Å². The number of rotatable bonds is 2. The Kier molecular flexibility index (Phi) is 3.05. The summed E-state index contributed by atoms with van der Waals surface area (Å²) in [5, 5.41) is 0. The van der Waals surface area contributed by atoms with Crippen LogP contribution in [0.2, 0.25) is 0 Å². The molecule has 0 N–H and O–H groups in total. The van der Waals surface area contributed by atoms with Gasteiger partial charge in [0.2, 0.25) is 6.30 Å². The van der Waals surface area contributed by atoms with Gasteiger partial charge in [-0.15, -0.1) is 9.80 Å². The van der Waals surface area contributed by atoms with Crippen LogP contribution >= 0.6 is 0 Å². The standard InChI is InChI=1S/C5H3F9N2/c6-1-4(11,12)16(3(9)10)5(13,14)15(1)2(7)8/h1-3H/t1-/m0/s1. The van der Waals surface area contributed by atoms with Crippen molar-refractivity contribution in [3.05, 3.63) is 0 Å². The molecular weight excluding hydrogens is 259 g/mol. The molecule has 1 atom stereocenters. The van der Waals surface area contributed by atoms with Crippen LogP contribution in [0.5, 0.6) is 0 Å². The van der Waals surface area contributed by atoms with Gasteiger partial charge in [0.05, 0.1) is 0 Å². The molecule has 1 fully saturated rings. The summed E-state index contributed by atoms with van der Waals surface area (Å²) in [5.41, 5.74) is 0. The zero-order valence-corrected chi connectivity index (χ0v) is 7.03. The lowest BCUT2D eigenvalue weighted by molar-refractivity contribution is -0.327. The molecule has 11 heteroatoms. The van der Waals surface area contributed by atoms with Crippen LogP contribution in [0.25, 0.3) is 0 Å². The smallest absolute Gasteiger partial charge is 0.221 e. The molecule has 0 aromatic rings. The first-order chi connectivity index (χ1) is 7.04. The lowest BCUT2D eigenvalue weighted by atomic mass is 10.5. The van der Waals surface area contributed by atoms with E-state index in [1.54, 1.807) is 0 Å². The van der Waals surface area contributed by atoms with Gasteiger partial charge >= 0.3 is 25.3 Å². The number of hydrogen-bond acceptors (Lipinski definition) is 2. The number of alkyl halides is 9. The highest BCUT2D eigenvalue weighted by atomic mass is 19.3. The summed E-state index contributed by atoms with van der Waals surface area (Å²) in [6.07, 6.45) is -9.71. The molecule has 1 aliphatic rings. The lowest BCUT2D eigenvalue weighted by Crippen LogP contribution is -2.52. The molecule has 0 aliphatic carbocycles. The number of nitrogens with zero attached hydrogens (tertiary/aromatic N) is 2. The van der Waals surface area contributed by atoms with E-state index in [0.29, 0.717) is 0 Å². The quantitative estimate of drug-likeness (QED) is 0.557. The first kappa shape index (κ1) is 13.4. The van der Waals surface area contributed by atoms with Crippen molar-refractivity contribution in [2.75, 3.05) is 0 Å². The Balaban J connectivity index is 3.21. The molecule has 0 aromatic carbocycles. The highest BCUT2D eigenvalue weighted by Gasteiger charge is 2.75. The van der Waals surface area contributed by atoms with Crippen LogP contribution in [0.3, 0.4) is 0 Å². The molecule has 0 aromatic heterocycles.